The van der Waals surface area contributed by atoms with E-state index < -0.39 is 0 Å². The molecule has 0 saturated heterocycles. The maximum absolute atomic E-state index is 13.5. The van der Waals surface area contributed by atoms with Crippen LogP contribution in [0.4, 0.5) is 10.1 Å². The Morgan fingerprint density at radius 2 is 2.05 bits per heavy atom. The molecule has 1 aliphatic rings. The quantitative estimate of drug-likeness (QED) is 0.830. The number of rotatable bonds is 7. The summed E-state index contributed by atoms with van der Waals surface area (Å²) in [6, 6.07) is 11.9. The second kappa shape index (κ2) is 6.37. The van der Waals surface area contributed by atoms with Crippen molar-refractivity contribution < 1.29 is 4.39 Å². The highest BCUT2D eigenvalue weighted by molar-refractivity contribution is 7.09. The van der Waals surface area contributed by atoms with Gasteiger partial charge in [0.1, 0.15) is 5.82 Å². The van der Waals surface area contributed by atoms with Gasteiger partial charge in [-0.05, 0) is 36.4 Å². The molecule has 3 rings (SSSR count). The minimum Gasteiger partial charge on any atom is -0.381 e. The highest BCUT2D eigenvalue weighted by atomic mass is 32.1. The fourth-order valence-electron chi connectivity index (χ4n) is 2.37. The third-order valence-electron chi connectivity index (χ3n) is 3.59. The highest BCUT2D eigenvalue weighted by Gasteiger charge is 2.28. The van der Waals surface area contributed by atoms with E-state index in [1.54, 1.807) is 23.5 Å². The first kappa shape index (κ1) is 13.6. The normalized spacial score (nSPS) is 14.7. The maximum Gasteiger partial charge on any atom is 0.146 e. The number of nitrogens with zero attached hydrogens (tertiary/aromatic N) is 1. The van der Waals surface area contributed by atoms with Crippen LogP contribution in [-0.2, 0) is 6.54 Å². The third-order valence-corrected chi connectivity index (χ3v) is 4.45. The van der Waals surface area contributed by atoms with Crippen LogP contribution in [0.3, 0.4) is 0 Å². The van der Waals surface area contributed by atoms with Crippen LogP contribution in [0.1, 0.15) is 17.7 Å². The minimum atomic E-state index is -0.177. The van der Waals surface area contributed by atoms with Crippen molar-refractivity contribution in [1.82, 2.24) is 4.90 Å². The molecule has 1 N–H and O–H groups in total. The lowest BCUT2D eigenvalue weighted by atomic mass is 10.3. The van der Waals surface area contributed by atoms with Gasteiger partial charge in [-0.15, -0.1) is 11.3 Å². The van der Waals surface area contributed by atoms with Gasteiger partial charge in [-0.3, -0.25) is 4.90 Å². The number of halogens is 1. The maximum atomic E-state index is 13.5. The molecule has 0 aliphatic heterocycles. The van der Waals surface area contributed by atoms with Crippen molar-refractivity contribution in [3.63, 3.8) is 0 Å². The molecule has 1 aromatic carbocycles. The van der Waals surface area contributed by atoms with Gasteiger partial charge in [-0.2, -0.15) is 0 Å². The van der Waals surface area contributed by atoms with Gasteiger partial charge in [0.05, 0.1) is 5.69 Å². The minimum absolute atomic E-state index is 0.177. The molecule has 0 atom stereocenters. The molecule has 106 valence electrons. The summed E-state index contributed by atoms with van der Waals surface area (Å²) in [6.07, 6.45) is 2.59. The Morgan fingerprint density at radius 1 is 1.20 bits per heavy atom. The Labute approximate surface area is 123 Å². The van der Waals surface area contributed by atoms with Gasteiger partial charge in [0.2, 0.25) is 0 Å². The van der Waals surface area contributed by atoms with Gasteiger partial charge in [-0.25, -0.2) is 4.39 Å². The first-order valence-corrected chi connectivity index (χ1v) is 7.96. The fraction of sp³-hybridized carbons (Fsp3) is 0.375. The largest absolute Gasteiger partial charge is 0.381 e. The summed E-state index contributed by atoms with van der Waals surface area (Å²) in [7, 11) is 0. The van der Waals surface area contributed by atoms with E-state index in [4.69, 9.17) is 0 Å². The predicted octanol–water partition coefficient (Wildman–Crippen LogP) is 3.96. The van der Waals surface area contributed by atoms with E-state index >= 15 is 0 Å². The zero-order valence-corrected chi connectivity index (χ0v) is 12.2. The predicted molar refractivity (Wildman–Crippen MR) is 82.6 cm³/mol. The van der Waals surface area contributed by atoms with Crippen LogP contribution in [0.15, 0.2) is 41.8 Å². The Kier molecular flexibility index (Phi) is 4.33. The molecular formula is C16H19FN2S. The molecule has 0 spiro atoms. The number of nitrogens with one attached hydrogen (secondary N) is 1. The van der Waals surface area contributed by atoms with Gasteiger partial charge in [-0.1, -0.05) is 18.2 Å². The number of benzene rings is 1. The summed E-state index contributed by atoms with van der Waals surface area (Å²) in [5.41, 5.74) is 0.597. The average molecular weight is 290 g/mol. The molecule has 2 nitrogen and oxygen atoms in total. The fourth-order valence-corrected chi connectivity index (χ4v) is 3.10. The van der Waals surface area contributed by atoms with Crippen molar-refractivity contribution in [2.45, 2.75) is 25.4 Å². The third kappa shape index (κ3) is 3.58. The molecule has 1 aromatic heterocycles. The molecule has 0 amide bonds. The van der Waals surface area contributed by atoms with Gasteiger partial charge >= 0.3 is 0 Å². The molecule has 20 heavy (non-hydrogen) atoms. The number of anilines is 1. The number of para-hydroxylation sites is 1. The summed E-state index contributed by atoms with van der Waals surface area (Å²) in [4.78, 5) is 3.91. The Bertz CT molecular complexity index is 537. The lowest BCUT2D eigenvalue weighted by Crippen LogP contribution is -2.30. The van der Waals surface area contributed by atoms with Crippen molar-refractivity contribution in [3.8, 4) is 0 Å². The standard InChI is InChI=1S/C16H19FN2S/c17-15-5-1-2-6-16(15)18-9-10-19(13-7-8-13)12-14-4-3-11-20-14/h1-6,11,13,18H,7-10,12H2. The average Bonchev–Trinajstić information content (AvgIpc) is 3.18. The topological polar surface area (TPSA) is 15.3 Å². The van der Waals surface area contributed by atoms with E-state index in [1.807, 2.05) is 6.07 Å². The van der Waals surface area contributed by atoms with Crippen LogP contribution in [0.25, 0.3) is 0 Å². The van der Waals surface area contributed by atoms with E-state index in [0.717, 1.165) is 25.7 Å². The van der Waals surface area contributed by atoms with Crippen molar-refractivity contribution in [3.05, 3.63) is 52.5 Å². The van der Waals surface area contributed by atoms with E-state index in [2.05, 4.69) is 27.7 Å². The molecule has 1 heterocycles. The van der Waals surface area contributed by atoms with E-state index in [0.29, 0.717) is 5.69 Å². The van der Waals surface area contributed by atoms with Gasteiger partial charge in [0.25, 0.3) is 0 Å². The zero-order valence-electron chi connectivity index (χ0n) is 11.4. The van der Waals surface area contributed by atoms with Crippen LogP contribution in [-0.4, -0.2) is 24.0 Å². The lowest BCUT2D eigenvalue weighted by Gasteiger charge is -2.21. The lowest BCUT2D eigenvalue weighted by molar-refractivity contribution is 0.267. The van der Waals surface area contributed by atoms with Crippen LogP contribution in [0.5, 0.6) is 0 Å². The van der Waals surface area contributed by atoms with Crippen molar-refractivity contribution in [1.29, 1.82) is 0 Å². The molecule has 4 heteroatoms. The molecule has 0 bridgehead atoms. The number of hydrogen-bond donors (Lipinski definition) is 1. The highest BCUT2D eigenvalue weighted by Crippen LogP contribution is 2.28. The van der Waals surface area contributed by atoms with Crippen LogP contribution >= 0.6 is 11.3 Å². The van der Waals surface area contributed by atoms with Gasteiger partial charge < -0.3 is 5.32 Å². The van der Waals surface area contributed by atoms with Crippen molar-refractivity contribution in [2.24, 2.45) is 0 Å². The smallest absolute Gasteiger partial charge is 0.146 e. The second-order valence-electron chi connectivity index (χ2n) is 5.19. The van der Waals surface area contributed by atoms with E-state index in [9.17, 15) is 4.39 Å². The Morgan fingerprint density at radius 3 is 2.75 bits per heavy atom. The summed E-state index contributed by atoms with van der Waals surface area (Å²) < 4.78 is 13.5. The molecule has 2 aromatic rings. The number of hydrogen-bond acceptors (Lipinski definition) is 3. The van der Waals surface area contributed by atoms with Crippen LogP contribution < -0.4 is 5.32 Å². The SMILES string of the molecule is Fc1ccccc1NCCN(Cc1cccs1)C1CC1. The first-order valence-electron chi connectivity index (χ1n) is 7.08. The van der Waals surface area contributed by atoms with E-state index in [-0.39, 0.29) is 5.82 Å². The summed E-state index contributed by atoms with van der Waals surface area (Å²) >= 11 is 1.81. The summed E-state index contributed by atoms with van der Waals surface area (Å²) in [6.45, 7) is 2.75. The second-order valence-corrected chi connectivity index (χ2v) is 6.22. The first-order chi connectivity index (χ1) is 9.83. The molecule has 1 saturated carbocycles. The van der Waals surface area contributed by atoms with Crippen LogP contribution in [0, 0.1) is 5.82 Å². The monoisotopic (exact) mass is 290 g/mol. The molecule has 1 fully saturated rings. The van der Waals surface area contributed by atoms with Gasteiger partial charge in [0, 0.05) is 30.6 Å². The molecule has 0 radical (unpaired) electrons. The zero-order chi connectivity index (χ0) is 13.8. The number of thiophene rings is 1. The Hall–Kier alpha value is -1.39. The molecular weight excluding hydrogens is 271 g/mol. The van der Waals surface area contributed by atoms with Crippen molar-refractivity contribution >= 4 is 17.0 Å². The van der Waals surface area contributed by atoms with Gasteiger partial charge in [0.15, 0.2) is 0 Å². The molecule has 1 aliphatic carbocycles. The molecule has 0 unspecified atom stereocenters. The Balaban J connectivity index is 1.51. The summed E-state index contributed by atoms with van der Waals surface area (Å²) in [5, 5.41) is 5.32. The van der Waals surface area contributed by atoms with Crippen molar-refractivity contribution in [2.75, 3.05) is 18.4 Å². The summed E-state index contributed by atoms with van der Waals surface area (Å²) in [5.74, 6) is -0.177. The van der Waals surface area contributed by atoms with Crippen LogP contribution in [0.2, 0.25) is 0 Å². The van der Waals surface area contributed by atoms with E-state index in [1.165, 1.54) is 23.8 Å².